The van der Waals surface area contributed by atoms with Crippen LogP contribution in [0.5, 0.6) is 5.75 Å². The molecule has 1 heterocycles. The Morgan fingerprint density at radius 1 is 1.22 bits per heavy atom. The van der Waals surface area contributed by atoms with Crippen LogP contribution in [0, 0.1) is 6.92 Å². The summed E-state index contributed by atoms with van der Waals surface area (Å²) in [5, 5.41) is 4.35. The van der Waals surface area contributed by atoms with Crippen molar-refractivity contribution < 1.29 is 9.26 Å². The van der Waals surface area contributed by atoms with E-state index in [0.29, 0.717) is 0 Å². The average molecular weight is 443 g/mol. The number of rotatable bonds is 4. The summed E-state index contributed by atoms with van der Waals surface area (Å²) in [6.45, 7) is 2.08. The minimum atomic E-state index is 0.261. The third-order valence-electron chi connectivity index (χ3n) is 5.53. The first-order valence-electron chi connectivity index (χ1n) is 8.96. The quantitative estimate of drug-likeness (QED) is 0.492. The van der Waals surface area contributed by atoms with Gasteiger partial charge in [0.25, 0.3) is 0 Å². The number of methoxy groups -OCH3 is 1. The van der Waals surface area contributed by atoms with Gasteiger partial charge in [-0.25, -0.2) is 0 Å². The van der Waals surface area contributed by atoms with E-state index in [2.05, 4.69) is 57.0 Å². The summed E-state index contributed by atoms with van der Waals surface area (Å²) < 4.78 is 15.7. The molecule has 2 aromatic carbocycles. The second kappa shape index (κ2) is 6.31. The Kier molecular flexibility index (Phi) is 4.02. The highest BCUT2D eigenvalue weighted by atomic mass is 79.9. The largest absolute Gasteiger partial charge is 0.496 e. The number of aromatic nitrogens is 1. The van der Waals surface area contributed by atoms with Gasteiger partial charge in [-0.3, -0.25) is 0 Å². The fourth-order valence-corrected chi connectivity index (χ4v) is 5.15. The van der Waals surface area contributed by atoms with Crippen LogP contribution >= 0.6 is 27.9 Å². The van der Waals surface area contributed by atoms with E-state index in [1.165, 1.54) is 47.0 Å². The van der Waals surface area contributed by atoms with E-state index in [0.717, 1.165) is 33.1 Å². The van der Waals surface area contributed by atoms with Crippen molar-refractivity contribution in [2.45, 2.75) is 36.5 Å². The summed E-state index contributed by atoms with van der Waals surface area (Å²) in [4.78, 5) is 1.04. The number of halogens is 1. The zero-order chi connectivity index (χ0) is 18.6. The predicted octanol–water partition coefficient (Wildman–Crippen LogP) is 6.13. The summed E-state index contributed by atoms with van der Waals surface area (Å²) in [6, 6.07) is 12.7. The van der Waals surface area contributed by atoms with Crippen molar-refractivity contribution in [2.75, 3.05) is 11.8 Å². The van der Waals surface area contributed by atoms with Crippen LogP contribution in [0.3, 0.4) is 0 Å². The Bertz CT molecular complexity index is 1040. The molecule has 0 atom stereocenters. The molecule has 6 heteroatoms. The molecule has 4 nitrogen and oxygen atoms in total. The fraction of sp³-hybridized carbons (Fsp3) is 0.286. The Morgan fingerprint density at radius 3 is 2.85 bits per heavy atom. The van der Waals surface area contributed by atoms with Crippen molar-refractivity contribution in [1.82, 2.24) is 5.16 Å². The normalized spacial score (nSPS) is 16.0. The zero-order valence-corrected chi connectivity index (χ0v) is 17.5. The molecule has 5 rings (SSSR count). The molecule has 0 amide bonds. The molecular weight excluding hydrogens is 424 g/mol. The van der Waals surface area contributed by atoms with Gasteiger partial charge >= 0.3 is 0 Å². The van der Waals surface area contributed by atoms with Crippen LogP contribution in [0.4, 0.5) is 5.82 Å². The highest BCUT2D eigenvalue weighted by Crippen LogP contribution is 2.58. The molecule has 0 unspecified atom stereocenters. The maximum Gasteiger partial charge on any atom is 0.183 e. The minimum Gasteiger partial charge on any atom is -0.496 e. The molecule has 1 spiro atoms. The molecule has 3 aromatic rings. The number of aryl methyl sites for hydroxylation is 1. The van der Waals surface area contributed by atoms with Crippen LogP contribution in [0.2, 0.25) is 0 Å². The third-order valence-corrected chi connectivity index (χ3v) is 6.86. The number of benzene rings is 2. The first-order chi connectivity index (χ1) is 13.1. The Hall–Kier alpha value is -1.92. The summed E-state index contributed by atoms with van der Waals surface area (Å²) in [6.07, 6.45) is 3.43. The maximum absolute atomic E-state index is 5.78. The molecule has 0 bridgehead atoms. The van der Waals surface area contributed by atoms with Crippen LogP contribution in [0.15, 0.2) is 50.3 Å². The van der Waals surface area contributed by atoms with Gasteiger partial charge in [-0.15, -0.1) is 0 Å². The van der Waals surface area contributed by atoms with E-state index < -0.39 is 0 Å². The van der Waals surface area contributed by atoms with Gasteiger partial charge in [0.15, 0.2) is 11.6 Å². The van der Waals surface area contributed by atoms with Crippen molar-refractivity contribution in [3.8, 4) is 17.1 Å². The molecule has 2 aliphatic carbocycles. The van der Waals surface area contributed by atoms with Gasteiger partial charge in [-0.05, 0) is 73.5 Å². The van der Waals surface area contributed by atoms with Crippen molar-refractivity contribution in [2.24, 2.45) is 0 Å². The summed E-state index contributed by atoms with van der Waals surface area (Å²) >= 11 is 5.11. The SMILES string of the molecule is COc1ccc(C)cc1SNc1noc2c1CC1(CC1)c1ccc(Br)cc1-2. The molecule has 138 valence electrons. The van der Waals surface area contributed by atoms with Gasteiger partial charge in [-0.2, -0.15) is 0 Å². The van der Waals surface area contributed by atoms with Gasteiger partial charge in [0.2, 0.25) is 0 Å². The molecule has 2 aliphatic rings. The molecule has 1 aromatic heterocycles. The van der Waals surface area contributed by atoms with E-state index in [4.69, 9.17) is 9.26 Å². The number of anilines is 1. The molecule has 27 heavy (non-hydrogen) atoms. The van der Waals surface area contributed by atoms with E-state index in [-0.39, 0.29) is 5.41 Å². The van der Waals surface area contributed by atoms with E-state index in [1.54, 1.807) is 7.11 Å². The highest BCUT2D eigenvalue weighted by Gasteiger charge is 2.50. The number of nitrogens with zero attached hydrogens (tertiary/aromatic N) is 1. The Labute approximate surface area is 170 Å². The van der Waals surface area contributed by atoms with Crippen LogP contribution in [-0.2, 0) is 11.8 Å². The van der Waals surface area contributed by atoms with Crippen LogP contribution in [0.25, 0.3) is 11.3 Å². The number of ether oxygens (including phenoxy) is 1. The standard InChI is InChI=1S/C21H19BrN2O2S/c1-12-3-6-17(25-2)18(9-12)27-24-20-15-11-21(7-8-21)16-5-4-13(22)10-14(16)19(15)26-23-20/h3-6,9-10H,7-8,11H2,1-2H3,(H,23,24). The van der Waals surface area contributed by atoms with Crippen molar-refractivity contribution in [3.05, 3.63) is 57.6 Å². The molecule has 1 N–H and O–H groups in total. The monoisotopic (exact) mass is 442 g/mol. The fourth-order valence-electron chi connectivity index (χ4n) is 3.93. The molecule has 0 radical (unpaired) electrons. The van der Waals surface area contributed by atoms with Crippen LogP contribution < -0.4 is 9.46 Å². The van der Waals surface area contributed by atoms with Gasteiger partial charge in [0.1, 0.15) is 5.75 Å². The number of nitrogens with one attached hydrogen (secondary N) is 1. The lowest BCUT2D eigenvalue weighted by Crippen LogP contribution is -2.17. The highest BCUT2D eigenvalue weighted by molar-refractivity contribution is 9.10. The topological polar surface area (TPSA) is 47.3 Å². The van der Waals surface area contributed by atoms with Gasteiger partial charge in [0.05, 0.1) is 12.0 Å². The summed E-state index contributed by atoms with van der Waals surface area (Å²) in [7, 11) is 1.69. The summed E-state index contributed by atoms with van der Waals surface area (Å²) in [5.41, 5.74) is 5.20. The van der Waals surface area contributed by atoms with Crippen molar-refractivity contribution in [1.29, 1.82) is 0 Å². The minimum absolute atomic E-state index is 0.261. The second-order valence-corrected chi connectivity index (χ2v) is 9.11. The molecule has 0 aliphatic heterocycles. The smallest absolute Gasteiger partial charge is 0.183 e. The van der Waals surface area contributed by atoms with Crippen molar-refractivity contribution in [3.63, 3.8) is 0 Å². The van der Waals surface area contributed by atoms with Crippen molar-refractivity contribution >= 4 is 33.7 Å². The van der Waals surface area contributed by atoms with Gasteiger partial charge < -0.3 is 14.0 Å². The maximum atomic E-state index is 5.78. The molecule has 0 saturated heterocycles. The van der Waals surface area contributed by atoms with Gasteiger partial charge in [0, 0.05) is 21.0 Å². The van der Waals surface area contributed by atoms with E-state index >= 15 is 0 Å². The number of fused-ring (bicyclic) bond motifs is 4. The molecule has 1 fully saturated rings. The van der Waals surface area contributed by atoms with Crippen LogP contribution in [-0.4, -0.2) is 12.3 Å². The van der Waals surface area contributed by atoms with Crippen LogP contribution in [0.1, 0.15) is 29.5 Å². The average Bonchev–Trinajstić information content (AvgIpc) is 3.31. The van der Waals surface area contributed by atoms with E-state index in [1.807, 2.05) is 12.1 Å². The molecule has 1 saturated carbocycles. The predicted molar refractivity (Wildman–Crippen MR) is 111 cm³/mol. The van der Waals surface area contributed by atoms with Gasteiger partial charge in [-0.1, -0.05) is 33.2 Å². The first-order valence-corrected chi connectivity index (χ1v) is 10.6. The lowest BCUT2D eigenvalue weighted by atomic mass is 9.79. The lowest BCUT2D eigenvalue weighted by Gasteiger charge is -2.24. The molecular formula is C21H19BrN2O2S. The van der Waals surface area contributed by atoms with E-state index in [9.17, 15) is 0 Å². The summed E-state index contributed by atoms with van der Waals surface area (Å²) in [5.74, 6) is 2.56. The number of hydrogen-bond acceptors (Lipinski definition) is 5. The lowest BCUT2D eigenvalue weighted by molar-refractivity contribution is 0.404. The third kappa shape index (κ3) is 2.86. The Balaban J connectivity index is 1.49. The zero-order valence-electron chi connectivity index (χ0n) is 15.1. The number of hydrogen-bond donors (Lipinski definition) is 1. The second-order valence-electron chi connectivity index (χ2n) is 7.34. The Morgan fingerprint density at radius 2 is 2.07 bits per heavy atom. The first kappa shape index (κ1) is 17.2.